The van der Waals surface area contributed by atoms with Gasteiger partial charge in [-0.05, 0) is 43.5 Å². The maximum Gasteiger partial charge on any atom is 0.269 e. The van der Waals surface area contributed by atoms with E-state index >= 15 is 0 Å². The van der Waals surface area contributed by atoms with Crippen LogP contribution >= 0.6 is 23.2 Å². The highest BCUT2D eigenvalue weighted by atomic mass is 35.5. The summed E-state index contributed by atoms with van der Waals surface area (Å²) in [7, 11) is -4.20. The molecule has 192 valence electrons. The Labute approximate surface area is 220 Å². The van der Waals surface area contributed by atoms with Gasteiger partial charge in [0.1, 0.15) is 17.5 Å². The number of carbonyl (C=O) groups is 3. The van der Waals surface area contributed by atoms with Crippen molar-refractivity contribution in [3.63, 3.8) is 0 Å². The Hall–Kier alpha value is -2.62. The minimum Gasteiger partial charge on any atom is -0.352 e. The Morgan fingerprint density at radius 2 is 1.72 bits per heavy atom. The van der Waals surface area contributed by atoms with Crippen molar-refractivity contribution in [2.45, 2.75) is 62.6 Å². The van der Waals surface area contributed by atoms with Gasteiger partial charge in [0.25, 0.3) is 15.9 Å². The van der Waals surface area contributed by atoms with Gasteiger partial charge in [-0.3, -0.25) is 14.4 Å². The molecule has 2 aliphatic rings. The molecule has 1 unspecified atom stereocenters. The van der Waals surface area contributed by atoms with Gasteiger partial charge < -0.3 is 10.2 Å². The molecule has 0 aromatic heterocycles. The van der Waals surface area contributed by atoms with Crippen LogP contribution in [-0.2, 0) is 26.2 Å². The molecular weight excluding hydrogens is 525 g/mol. The molecule has 1 saturated carbocycles. The molecule has 0 bridgehead atoms. The molecule has 2 aromatic rings. The van der Waals surface area contributed by atoms with E-state index in [-0.39, 0.29) is 35.4 Å². The Morgan fingerprint density at radius 1 is 1.08 bits per heavy atom. The molecular formula is C25H27Cl2N3O5S. The van der Waals surface area contributed by atoms with Crippen LogP contribution in [0.1, 0.15) is 54.9 Å². The van der Waals surface area contributed by atoms with Gasteiger partial charge in [0.2, 0.25) is 11.8 Å². The van der Waals surface area contributed by atoms with Crippen LogP contribution in [0.5, 0.6) is 0 Å². The predicted octanol–water partition coefficient (Wildman–Crippen LogP) is 4.00. The molecule has 8 nitrogen and oxygen atoms in total. The summed E-state index contributed by atoms with van der Waals surface area (Å²) in [6.07, 6.45) is 4.05. The molecule has 3 amide bonds. The highest BCUT2D eigenvalue weighted by Gasteiger charge is 2.43. The first-order chi connectivity index (χ1) is 17.1. The minimum absolute atomic E-state index is 0.0111. The molecule has 4 rings (SSSR count). The lowest BCUT2D eigenvalue weighted by Gasteiger charge is -2.33. The van der Waals surface area contributed by atoms with Gasteiger partial charge in [0, 0.05) is 28.2 Å². The minimum atomic E-state index is -4.20. The zero-order valence-electron chi connectivity index (χ0n) is 19.7. The van der Waals surface area contributed by atoms with E-state index in [0.29, 0.717) is 19.9 Å². The summed E-state index contributed by atoms with van der Waals surface area (Å²) in [6.45, 7) is 0.898. The molecule has 1 fully saturated rings. The summed E-state index contributed by atoms with van der Waals surface area (Å²) >= 11 is 12.7. The van der Waals surface area contributed by atoms with Crippen molar-refractivity contribution in [2.24, 2.45) is 0 Å². The Balaban J connectivity index is 1.65. The van der Waals surface area contributed by atoms with Crippen molar-refractivity contribution in [1.82, 2.24) is 14.5 Å². The van der Waals surface area contributed by atoms with E-state index in [1.54, 1.807) is 31.2 Å². The summed E-state index contributed by atoms with van der Waals surface area (Å²) in [6, 6.07) is 9.84. The second-order valence-electron chi connectivity index (χ2n) is 8.95. The smallest absolute Gasteiger partial charge is 0.269 e. The number of hydrogen-bond donors (Lipinski definition) is 1. The molecule has 0 saturated heterocycles. The lowest BCUT2D eigenvalue weighted by molar-refractivity contribution is -0.141. The van der Waals surface area contributed by atoms with Crippen LogP contribution < -0.4 is 5.32 Å². The lowest BCUT2D eigenvalue weighted by atomic mass is 10.1. The molecule has 1 aliphatic carbocycles. The van der Waals surface area contributed by atoms with Crippen LogP contribution in [0.15, 0.2) is 47.4 Å². The molecule has 1 N–H and O–H groups in total. The van der Waals surface area contributed by atoms with Gasteiger partial charge in [0.05, 0.1) is 5.56 Å². The molecule has 0 spiro atoms. The fourth-order valence-electron chi connectivity index (χ4n) is 4.74. The number of sulfonamides is 1. The average molecular weight is 552 g/mol. The van der Waals surface area contributed by atoms with Crippen LogP contribution in [0.25, 0.3) is 0 Å². The number of amides is 3. The van der Waals surface area contributed by atoms with E-state index in [1.165, 1.54) is 23.1 Å². The van der Waals surface area contributed by atoms with E-state index in [2.05, 4.69) is 5.32 Å². The van der Waals surface area contributed by atoms with Crippen molar-refractivity contribution >= 4 is 50.9 Å². The number of carbonyl (C=O) groups excluding carboxylic acids is 3. The first kappa shape index (κ1) is 26.4. The topological polar surface area (TPSA) is 104 Å². The summed E-state index contributed by atoms with van der Waals surface area (Å²) < 4.78 is 26.6. The average Bonchev–Trinajstić information content (AvgIpc) is 3.42. The Bertz CT molecular complexity index is 1270. The summed E-state index contributed by atoms with van der Waals surface area (Å²) in [5.41, 5.74) is 0.442. The van der Waals surface area contributed by atoms with E-state index in [9.17, 15) is 22.8 Å². The number of fused-ring (bicyclic) bond motifs is 1. The normalized spacial score (nSPS) is 17.6. The van der Waals surface area contributed by atoms with E-state index in [1.807, 2.05) is 0 Å². The molecule has 11 heteroatoms. The monoisotopic (exact) mass is 551 g/mol. The number of hydrogen-bond acceptors (Lipinski definition) is 5. The predicted molar refractivity (Wildman–Crippen MR) is 136 cm³/mol. The lowest BCUT2D eigenvalue weighted by Crippen LogP contribution is -2.53. The van der Waals surface area contributed by atoms with Gasteiger partial charge in [-0.25, -0.2) is 12.7 Å². The quantitative estimate of drug-likeness (QED) is 0.533. The second kappa shape index (κ2) is 10.8. The third-order valence-electron chi connectivity index (χ3n) is 6.67. The molecule has 1 heterocycles. The van der Waals surface area contributed by atoms with Crippen LogP contribution in [0.2, 0.25) is 10.0 Å². The first-order valence-corrected chi connectivity index (χ1v) is 14.0. The van der Waals surface area contributed by atoms with Crippen molar-refractivity contribution in [1.29, 1.82) is 0 Å². The van der Waals surface area contributed by atoms with Crippen LogP contribution in [0.4, 0.5) is 0 Å². The number of nitrogens with one attached hydrogen (secondary N) is 1. The summed E-state index contributed by atoms with van der Waals surface area (Å²) in [5, 5.41) is 3.63. The SMILES string of the molecule is CCC(C(=O)NC1CCCC1)N(Cc1c(Cl)cccc1Cl)C(=O)CN1C(=O)c2ccccc2S1(=O)=O. The number of nitrogens with zero attached hydrogens (tertiary/aromatic N) is 2. The number of rotatable bonds is 8. The fraction of sp³-hybridized carbons (Fsp3) is 0.400. The number of halogens is 2. The molecule has 1 atom stereocenters. The van der Waals surface area contributed by atoms with Crippen molar-refractivity contribution in [2.75, 3.05) is 6.54 Å². The zero-order chi connectivity index (χ0) is 26.0. The Morgan fingerprint density at radius 3 is 2.33 bits per heavy atom. The standard InChI is InChI=1S/C25H27Cl2N3O5S/c1-2-21(24(32)28-16-8-3-4-9-16)29(14-18-19(26)11-7-12-20(18)27)23(31)15-30-25(33)17-10-5-6-13-22(17)36(30,34)35/h5-7,10-13,16,21H,2-4,8-9,14-15H2,1H3,(H,28,32). The Kier molecular flexibility index (Phi) is 7.92. The van der Waals surface area contributed by atoms with Gasteiger partial charge >= 0.3 is 0 Å². The van der Waals surface area contributed by atoms with Gasteiger partial charge in [0.15, 0.2) is 0 Å². The van der Waals surface area contributed by atoms with Gasteiger partial charge in [-0.15, -0.1) is 0 Å². The summed E-state index contributed by atoms with van der Waals surface area (Å²) in [5.74, 6) is -1.82. The van der Waals surface area contributed by atoms with E-state index < -0.39 is 34.4 Å². The second-order valence-corrected chi connectivity index (χ2v) is 11.6. The van der Waals surface area contributed by atoms with Crippen LogP contribution in [0, 0.1) is 0 Å². The molecule has 1 aliphatic heterocycles. The van der Waals surface area contributed by atoms with Crippen LogP contribution in [-0.4, -0.2) is 54.0 Å². The van der Waals surface area contributed by atoms with Crippen LogP contribution in [0.3, 0.4) is 0 Å². The highest BCUT2D eigenvalue weighted by molar-refractivity contribution is 7.90. The first-order valence-electron chi connectivity index (χ1n) is 11.8. The molecule has 0 radical (unpaired) electrons. The van der Waals surface area contributed by atoms with Crippen molar-refractivity contribution in [3.05, 3.63) is 63.6 Å². The van der Waals surface area contributed by atoms with Crippen molar-refractivity contribution in [3.8, 4) is 0 Å². The van der Waals surface area contributed by atoms with Gasteiger partial charge in [-0.1, -0.05) is 61.2 Å². The molecule has 2 aromatic carbocycles. The molecule has 36 heavy (non-hydrogen) atoms. The number of benzene rings is 2. The van der Waals surface area contributed by atoms with Crippen molar-refractivity contribution < 1.29 is 22.8 Å². The van der Waals surface area contributed by atoms with E-state index in [0.717, 1.165) is 25.7 Å². The zero-order valence-corrected chi connectivity index (χ0v) is 22.1. The maximum absolute atomic E-state index is 13.7. The highest BCUT2D eigenvalue weighted by Crippen LogP contribution is 2.31. The third-order valence-corrected chi connectivity index (χ3v) is 9.16. The third kappa shape index (κ3) is 5.10. The maximum atomic E-state index is 13.7. The van der Waals surface area contributed by atoms with E-state index in [4.69, 9.17) is 23.2 Å². The largest absolute Gasteiger partial charge is 0.352 e. The summed E-state index contributed by atoms with van der Waals surface area (Å²) in [4.78, 5) is 40.9. The van der Waals surface area contributed by atoms with Gasteiger partial charge in [-0.2, -0.15) is 0 Å². The fourth-order valence-corrected chi connectivity index (χ4v) is 6.78.